The maximum absolute atomic E-state index is 11.1. The Hall–Kier alpha value is -2.07. The standard InChI is InChI=1S/C14H12ClNO3/c1-8-6-10(7-9(2)12(8)15)19-13-11(14(17)18)4-3-5-16-13/h3-7H,1-2H3,(H,17,18). The molecule has 1 N–H and O–H groups in total. The summed E-state index contributed by atoms with van der Waals surface area (Å²) in [6.07, 6.45) is 1.48. The number of carbonyl (C=O) groups is 1. The van der Waals surface area contributed by atoms with Crippen LogP contribution >= 0.6 is 11.6 Å². The van der Waals surface area contributed by atoms with E-state index >= 15 is 0 Å². The molecular weight excluding hydrogens is 266 g/mol. The molecule has 0 saturated heterocycles. The number of hydrogen-bond acceptors (Lipinski definition) is 3. The molecule has 5 heteroatoms. The Bertz CT molecular complexity index is 617. The lowest BCUT2D eigenvalue weighted by atomic mass is 10.1. The number of ether oxygens (including phenoxy) is 1. The van der Waals surface area contributed by atoms with Gasteiger partial charge in [0.25, 0.3) is 0 Å². The van der Waals surface area contributed by atoms with Crippen molar-refractivity contribution >= 4 is 17.6 Å². The Labute approximate surface area is 115 Å². The summed E-state index contributed by atoms with van der Waals surface area (Å²) in [6.45, 7) is 3.72. The molecule has 98 valence electrons. The molecule has 1 heterocycles. The lowest BCUT2D eigenvalue weighted by molar-refractivity contribution is 0.0693. The van der Waals surface area contributed by atoms with Crippen molar-refractivity contribution in [2.24, 2.45) is 0 Å². The van der Waals surface area contributed by atoms with E-state index in [4.69, 9.17) is 21.4 Å². The Morgan fingerprint density at radius 3 is 2.53 bits per heavy atom. The molecule has 0 fully saturated rings. The number of carboxylic acids is 1. The van der Waals surface area contributed by atoms with E-state index in [9.17, 15) is 4.79 Å². The summed E-state index contributed by atoms with van der Waals surface area (Å²) in [5.41, 5.74) is 1.75. The van der Waals surface area contributed by atoms with Crippen LogP contribution in [0.25, 0.3) is 0 Å². The lowest BCUT2D eigenvalue weighted by Gasteiger charge is -2.10. The first kappa shape index (κ1) is 13.4. The van der Waals surface area contributed by atoms with Crippen LogP contribution in [0.1, 0.15) is 21.5 Å². The van der Waals surface area contributed by atoms with Gasteiger partial charge >= 0.3 is 5.97 Å². The quantitative estimate of drug-likeness (QED) is 0.926. The monoisotopic (exact) mass is 277 g/mol. The maximum atomic E-state index is 11.1. The third-order valence-electron chi connectivity index (χ3n) is 2.63. The van der Waals surface area contributed by atoms with Gasteiger partial charge in [0.15, 0.2) is 0 Å². The second kappa shape index (κ2) is 5.28. The van der Waals surface area contributed by atoms with Crippen molar-refractivity contribution in [3.63, 3.8) is 0 Å². The zero-order chi connectivity index (χ0) is 14.0. The molecule has 0 bridgehead atoms. The van der Waals surface area contributed by atoms with E-state index in [0.717, 1.165) is 11.1 Å². The van der Waals surface area contributed by atoms with E-state index in [1.165, 1.54) is 12.3 Å². The number of aryl methyl sites for hydroxylation is 2. The zero-order valence-electron chi connectivity index (χ0n) is 10.5. The fraction of sp³-hybridized carbons (Fsp3) is 0.143. The molecule has 0 amide bonds. The van der Waals surface area contributed by atoms with Crippen molar-refractivity contribution in [1.82, 2.24) is 4.98 Å². The average molecular weight is 278 g/mol. The minimum absolute atomic E-state index is 0.0211. The van der Waals surface area contributed by atoms with Crippen molar-refractivity contribution in [1.29, 1.82) is 0 Å². The second-order valence-electron chi connectivity index (χ2n) is 4.13. The van der Waals surface area contributed by atoms with E-state index in [0.29, 0.717) is 10.8 Å². The first-order valence-electron chi connectivity index (χ1n) is 5.62. The first-order chi connectivity index (χ1) is 8.99. The number of pyridine rings is 1. The summed E-state index contributed by atoms with van der Waals surface area (Å²) in [7, 11) is 0. The molecule has 0 unspecified atom stereocenters. The van der Waals surface area contributed by atoms with E-state index < -0.39 is 5.97 Å². The molecule has 0 radical (unpaired) electrons. The second-order valence-corrected chi connectivity index (χ2v) is 4.51. The molecule has 0 aliphatic heterocycles. The van der Waals surface area contributed by atoms with Gasteiger partial charge in [-0.05, 0) is 49.2 Å². The van der Waals surface area contributed by atoms with Crippen LogP contribution in [-0.4, -0.2) is 16.1 Å². The number of aromatic nitrogens is 1. The number of carboxylic acid groups (broad SMARTS) is 1. The van der Waals surface area contributed by atoms with Crippen molar-refractivity contribution in [2.45, 2.75) is 13.8 Å². The highest BCUT2D eigenvalue weighted by atomic mass is 35.5. The minimum Gasteiger partial charge on any atom is -0.477 e. The normalized spacial score (nSPS) is 10.3. The van der Waals surface area contributed by atoms with Gasteiger partial charge in [-0.3, -0.25) is 0 Å². The van der Waals surface area contributed by atoms with Crippen molar-refractivity contribution in [2.75, 3.05) is 0 Å². The van der Waals surface area contributed by atoms with Crippen molar-refractivity contribution < 1.29 is 14.6 Å². The summed E-state index contributed by atoms with van der Waals surface area (Å²) >= 11 is 6.07. The van der Waals surface area contributed by atoms with Crippen LogP contribution < -0.4 is 4.74 Å². The third kappa shape index (κ3) is 2.85. The molecule has 1 aromatic heterocycles. The Kier molecular flexibility index (Phi) is 3.71. The molecule has 0 aliphatic carbocycles. The number of benzene rings is 1. The highest BCUT2D eigenvalue weighted by Crippen LogP contribution is 2.29. The summed E-state index contributed by atoms with van der Waals surface area (Å²) in [6, 6.07) is 6.49. The zero-order valence-corrected chi connectivity index (χ0v) is 11.2. The van der Waals surface area contributed by atoms with Crippen LogP contribution in [0.4, 0.5) is 0 Å². The molecule has 19 heavy (non-hydrogen) atoms. The van der Waals surface area contributed by atoms with Gasteiger partial charge in [-0.2, -0.15) is 0 Å². The van der Waals surface area contributed by atoms with Gasteiger partial charge in [0, 0.05) is 11.2 Å². The number of halogens is 1. The highest BCUT2D eigenvalue weighted by molar-refractivity contribution is 6.32. The van der Waals surface area contributed by atoms with Crippen LogP contribution in [0, 0.1) is 13.8 Å². The topological polar surface area (TPSA) is 59.4 Å². The van der Waals surface area contributed by atoms with Gasteiger partial charge in [0.1, 0.15) is 11.3 Å². The van der Waals surface area contributed by atoms with E-state index in [1.807, 2.05) is 13.8 Å². The van der Waals surface area contributed by atoms with Crippen LogP contribution in [0.3, 0.4) is 0 Å². The first-order valence-corrected chi connectivity index (χ1v) is 5.99. The molecule has 2 aromatic rings. The van der Waals surface area contributed by atoms with Gasteiger partial charge in [0.05, 0.1) is 0 Å². The van der Waals surface area contributed by atoms with Gasteiger partial charge < -0.3 is 9.84 Å². The van der Waals surface area contributed by atoms with Gasteiger partial charge in [-0.25, -0.2) is 9.78 Å². The molecule has 1 aromatic carbocycles. The molecule has 0 atom stereocenters. The average Bonchev–Trinajstić information content (AvgIpc) is 2.36. The number of rotatable bonds is 3. The van der Waals surface area contributed by atoms with Crippen LogP contribution in [0.5, 0.6) is 11.6 Å². The molecule has 2 rings (SSSR count). The van der Waals surface area contributed by atoms with Crippen LogP contribution in [-0.2, 0) is 0 Å². The van der Waals surface area contributed by atoms with Crippen LogP contribution in [0.15, 0.2) is 30.5 Å². The summed E-state index contributed by atoms with van der Waals surface area (Å²) < 4.78 is 5.54. The number of aromatic carboxylic acids is 1. The maximum Gasteiger partial charge on any atom is 0.341 e. The smallest absolute Gasteiger partial charge is 0.341 e. The summed E-state index contributed by atoms with van der Waals surface area (Å²) in [5, 5.41) is 9.73. The molecular formula is C14H12ClNO3. The van der Waals surface area contributed by atoms with E-state index in [2.05, 4.69) is 4.98 Å². The van der Waals surface area contributed by atoms with Gasteiger partial charge in [-0.1, -0.05) is 11.6 Å². The van der Waals surface area contributed by atoms with Gasteiger partial charge in [0.2, 0.25) is 5.88 Å². The number of nitrogens with zero attached hydrogens (tertiary/aromatic N) is 1. The summed E-state index contributed by atoms with van der Waals surface area (Å²) in [4.78, 5) is 15.0. The summed E-state index contributed by atoms with van der Waals surface area (Å²) in [5.74, 6) is -0.498. The van der Waals surface area contributed by atoms with Gasteiger partial charge in [-0.15, -0.1) is 0 Å². The molecule has 4 nitrogen and oxygen atoms in total. The highest BCUT2D eigenvalue weighted by Gasteiger charge is 2.13. The predicted molar refractivity (Wildman–Crippen MR) is 72.2 cm³/mol. The Morgan fingerprint density at radius 2 is 1.95 bits per heavy atom. The van der Waals surface area contributed by atoms with Crippen molar-refractivity contribution in [3.05, 3.63) is 52.2 Å². The minimum atomic E-state index is -1.08. The van der Waals surface area contributed by atoms with E-state index in [1.54, 1.807) is 18.2 Å². The molecule has 0 aliphatic rings. The SMILES string of the molecule is Cc1cc(Oc2ncccc2C(=O)O)cc(C)c1Cl. The molecule has 0 saturated carbocycles. The third-order valence-corrected chi connectivity index (χ3v) is 3.22. The fourth-order valence-electron chi connectivity index (χ4n) is 1.71. The van der Waals surface area contributed by atoms with Crippen LogP contribution in [0.2, 0.25) is 5.02 Å². The predicted octanol–water partition coefficient (Wildman–Crippen LogP) is 3.84. The fourth-order valence-corrected chi connectivity index (χ4v) is 1.82. The Balaban J connectivity index is 2.39. The van der Waals surface area contributed by atoms with E-state index in [-0.39, 0.29) is 11.4 Å². The lowest BCUT2D eigenvalue weighted by Crippen LogP contribution is -2.01. The Morgan fingerprint density at radius 1 is 1.32 bits per heavy atom. The number of hydrogen-bond donors (Lipinski definition) is 1. The largest absolute Gasteiger partial charge is 0.477 e. The molecule has 0 spiro atoms. The van der Waals surface area contributed by atoms with Crippen molar-refractivity contribution in [3.8, 4) is 11.6 Å².